The summed E-state index contributed by atoms with van der Waals surface area (Å²) in [7, 11) is 3.40. The first kappa shape index (κ1) is 8.51. The van der Waals surface area contributed by atoms with Gasteiger partial charge in [0.15, 0.2) is 0 Å². The van der Waals surface area contributed by atoms with Crippen LogP contribution in [0.4, 0.5) is 5.82 Å². The summed E-state index contributed by atoms with van der Waals surface area (Å²) in [5.41, 5.74) is 0. The van der Waals surface area contributed by atoms with Crippen LogP contribution in [0.3, 0.4) is 0 Å². The number of ether oxygens (including phenoxy) is 1. The van der Waals surface area contributed by atoms with Crippen LogP contribution in [0.25, 0.3) is 0 Å². The van der Waals surface area contributed by atoms with Crippen LogP contribution in [-0.4, -0.2) is 24.1 Å². The molecule has 0 fully saturated rings. The van der Waals surface area contributed by atoms with Gasteiger partial charge >= 0.3 is 0 Å². The van der Waals surface area contributed by atoms with E-state index in [1.165, 1.54) is 6.33 Å². The fourth-order valence-electron chi connectivity index (χ4n) is 0.670. The molecule has 0 amide bonds. The lowest BCUT2D eigenvalue weighted by molar-refractivity contribution is 0.394. The molecule has 0 aliphatic heterocycles. The van der Waals surface area contributed by atoms with Gasteiger partial charge in [-0.05, 0) is 22.6 Å². The first-order chi connectivity index (χ1) is 5.29. The number of aromatic nitrogens is 2. The summed E-state index contributed by atoms with van der Waals surface area (Å²) in [5, 5.41) is 2.93. The Hall–Kier alpha value is -0.590. The predicted octanol–water partition coefficient (Wildman–Crippen LogP) is 1.13. The zero-order valence-electron chi connectivity index (χ0n) is 6.26. The van der Waals surface area contributed by atoms with Gasteiger partial charge in [-0.25, -0.2) is 9.97 Å². The number of methoxy groups -OCH3 is 1. The second-order valence-corrected chi connectivity index (χ2v) is 2.87. The average molecular weight is 265 g/mol. The third kappa shape index (κ3) is 1.70. The molecule has 0 spiro atoms. The predicted molar refractivity (Wildman–Crippen MR) is 50.8 cm³/mol. The van der Waals surface area contributed by atoms with Crippen molar-refractivity contribution in [1.82, 2.24) is 9.97 Å². The van der Waals surface area contributed by atoms with E-state index in [2.05, 4.69) is 37.9 Å². The molecule has 1 N–H and O–H groups in total. The monoisotopic (exact) mass is 265 g/mol. The van der Waals surface area contributed by atoms with Gasteiger partial charge in [0.2, 0.25) is 5.88 Å². The van der Waals surface area contributed by atoms with Gasteiger partial charge in [0.1, 0.15) is 15.7 Å². The van der Waals surface area contributed by atoms with Crippen molar-refractivity contribution in [3.05, 3.63) is 9.90 Å². The molecule has 4 nitrogen and oxygen atoms in total. The highest BCUT2D eigenvalue weighted by molar-refractivity contribution is 14.1. The molecule has 0 aliphatic carbocycles. The number of hydrogen-bond acceptors (Lipinski definition) is 4. The van der Waals surface area contributed by atoms with E-state index in [1.807, 2.05) is 7.05 Å². The van der Waals surface area contributed by atoms with Crippen LogP contribution >= 0.6 is 22.6 Å². The van der Waals surface area contributed by atoms with Gasteiger partial charge in [-0.15, -0.1) is 0 Å². The van der Waals surface area contributed by atoms with Crippen molar-refractivity contribution in [3.8, 4) is 5.88 Å². The fraction of sp³-hybridized carbons (Fsp3) is 0.333. The minimum atomic E-state index is 0.602. The molecule has 1 rings (SSSR count). The van der Waals surface area contributed by atoms with Crippen LogP contribution in [0.1, 0.15) is 0 Å². The van der Waals surface area contributed by atoms with Gasteiger partial charge in [-0.1, -0.05) is 0 Å². The van der Waals surface area contributed by atoms with E-state index in [0.29, 0.717) is 5.88 Å². The molecule has 5 heteroatoms. The number of anilines is 1. The number of nitrogens with zero attached hydrogens (tertiary/aromatic N) is 2. The Kier molecular flexibility index (Phi) is 2.86. The zero-order valence-corrected chi connectivity index (χ0v) is 8.42. The van der Waals surface area contributed by atoms with Gasteiger partial charge in [-0.3, -0.25) is 0 Å². The quantitative estimate of drug-likeness (QED) is 0.814. The summed E-state index contributed by atoms with van der Waals surface area (Å²) in [4.78, 5) is 7.92. The van der Waals surface area contributed by atoms with Crippen LogP contribution in [-0.2, 0) is 0 Å². The zero-order chi connectivity index (χ0) is 8.27. The first-order valence-electron chi connectivity index (χ1n) is 3.01. The summed E-state index contributed by atoms with van der Waals surface area (Å²) in [6.45, 7) is 0. The highest BCUT2D eigenvalue weighted by Crippen LogP contribution is 2.22. The second-order valence-electron chi connectivity index (χ2n) is 1.80. The summed E-state index contributed by atoms with van der Waals surface area (Å²) in [5.74, 6) is 1.39. The molecule has 11 heavy (non-hydrogen) atoms. The van der Waals surface area contributed by atoms with Gasteiger partial charge in [0, 0.05) is 7.05 Å². The van der Waals surface area contributed by atoms with E-state index in [1.54, 1.807) is 7.11 Å². The molecule has 0 unspecified atom stereocenters. The van der Waals surface area contributed by atoms with E-state index < -0.39 is 0 Å². The van der Waals surface area contributed by atoms with Crippen LogP contribution < -0.4 is 10.1 Å². The number of rotatable bonds is 2. The van der Waals surface area contributed by atoms with Crippen LogP contribution in [0.5, 0.6) is 5.88 Å². The lowest BCUT2D eigenvalue weighted by Gasteiger charge is -2.04. The summed E-state index contributed by atoms with van der Waals surface area (Å²) >= 11 is 2.13. The van der Waals surface area contributed by atoms with Crippen molar-refractivity contribution in [2.24, 2.45) is 0 Å². The Morgan fingerprint density at radius 3 is 2.82 bits per heavy atom. The third-order valence-corrected chi connectivity index (χ3v) is 2.16. The maximum absolute atomic E-state index is 4.99. The Morgan fingerprint density at radius 2 is 2.27 bits per heavy atom. The van der Waals surface area contributed by atoms with E-state index in [4.69, 9.17) is 4.74 Å². The molecular formula is C6H8IN3O. The first-order valence-corrected chi connectivity index (χ1v) is 4.09. The summed E-state index contributed by atoms with van der Waals surface area (Å²) < 4.78 is 5.89. The molecule has 0 radical (unpaired) electrons. The molecule has 0 saturated heterocycles. The van der Waals surface area contributed by atoms with Crippen LogP contribution in [0.2, 0.25) is 0 Å². The maximum atomic E-state index is 4.99. The third-order valence-electron chi connectivity index (χ3n) is 1.19. The van der Waals surface area contributed by atoms with Crippen molar-refractivity contribution >= 4 is 28.4 Å². The van der Waals surface area contributed by atoms with Crippen molar-refractivity contribution in [2.45, 2.75) is 0 Å². The van der Waals surface area contributed by atoms with E-state index in [0.717, 1.165) is 9.39 Å². The van der Waals surface area contributed by atoms with Crippen molar-refractivity contribution in [2.75, 3.05) is 19.5 Å². The maximum Gasteiger partial charge on any atom is 0.232 e. The van der Waals surface area contributed by atoms with E-state index >= 15 is 0 Å². The second kappa shape index (κ2) is 3.70. The Balaban J connectivity index is 3.10. The number of nitrogens with one attached hydrogen (secondary N) is 1. The molecular weight excluding hydrogens is 257 g/mol. The standard InChI is InChI=1S/C6H8IN3O/c1-8-5-4(7)6(11-2)10-3-9-5/h3H,1-2H3,(H,8,9,10). The largest absolute Gasteiger partial charge is 0.480 e. The molecule has 1 heterocycles. The lowest BCUT2D eigenvalue weighted by Crippen LogP contribution is -1.99. The van der Waals surface area contributed by atoms with Gasteiger partial charge < -0.3 is 10.1 Å². The van der Waals surface area contributed by atoms with E-state index in [9.17, 15) is 0 Å². The molecule has 1 aromatic rings. The van der Waals surface area contributed by atoms with Gasteiger partial charge in [-0.2, -0.15) is 0 Å². The van der Waals surface area contributed by atoms with Crippen LogP contribution in [0, 0.1) is 3.57 Å². The highest BCUT2D eigenvalue weighted by Gasteiger charge is 2.05. The number of halogens is 1. The number of hydrogen-bond donors (Lipinski definition) is 1. The Morgan fingerprint density at radius 1 is 1.55 bits per heavy atom. The SMILES string of the molecule is CNc1ncnc(OC)c1I. The minimum Gasteiger partial charge on any atom is -0.480 e. The van der Waals surface area contributed by atoms with Gasteiger partial charge in [0.05, 0.1) is 7.11 Å². The van der Waals surface area contributed by atoms with Crippen molar-refractivity contribution in [3.63, 3.8) is 0 Å². The van der Waals surface area contributed by atoms with Crippen LogP contribution in [0.15, 0.2) is 6.33 Å². The Labute approximate surface area is 78.5 Å². The Bertz CT molecular complexity index is 231. The molecule has 0 atom stereocenters. The molecule has 1 aromatic heterocycles. The fourth-order valence-corrected chi connectivity index (χ4v) is 1.44. The average Bonchev–Trinajstić information content (AvgIpc) is 2.05. The normalized spacial score (nSPS) is 9.36. The van der Waals surface area contributed by atoms with E-state index in [-0.39, 0.29) is 0 Å². The van der Waals surface area contributed by atoms with Gasteiger partial charge in [0.25, 0.3) is 0 Å². The smallest absolute Gasteiger partial charge is 0.232 e. The molecule has 0 aliphatic rings. The summed E-state index contributed by atoms with van der Waals surface area (Å²) in [6, 6.07) is 0. The molecule has 60 valence electrons. The van der Waals surface area contributed by atoms with Crippen molar-refractivity contribution < 1.29 is 4.74 Å². The lowest BCUT2D eigenvalue weighted by atomic mass is 10.5. The topological polar surface area (TPSA) is 47.0 Å². The van der Waals surface area contributed by atoms with Crippen molar-refractivity contribution in [1.29, 1.82) is 0 Å². The molecule has 0 bridgehead atoms. The molecule has 0 aromatic carbocycles. The minimum absolute atomic E-state index is 0.602. The molecule has 0 saturated carbocycles. The highest BCUT2D eigenvalue weighted by atomic mass is 127. The summed E-state index contributed by atoms with van der Waals surface area (Å²) in [6.07, 6.45) is 1.47.